The average Bonchev–Trinajstić information content (AvgIpc) is 3.43. The van der Waals surface area contributed by atoms with Crippen LogP contribution in [-0.2, 0) is 10.2 Å². The van der Waals surface area contributed by atoms with Gasteiger partial charge in [-0.1, -0.05) is 15.9 Å². The van der Waals surface area contributed by atoms with Gasteiger partial charge in [-0.3, -0.25) is 9.59 Å². The number of carbonyl (C=O) groups excluding carboxylic acids is 2. The predicted octanol–water partition coefficient (Wildman–Crippen LogP) is 1.58. The summed E-state index contributed by atoms with van der Waals surface area (Å²) in [5.41, 5.74) is 1.42. The summed E-state index contributed by atoms with van der Waals surface area (Å²) < 4.78 is 0.986. The van der Waals surface area contributed by atoms with Gasteiger partial charge in [0.15, 0.2) is 0 Å². The van der Waals surface area contributed by atoms with Crippen LogP contribution >= 0.6 is 15.9 Å². The lowest BCUT2D eigenvalue weighted by molar-refractivity contribution is -0.123. The number of hydrogen-bond donors (Lipinski definition) is 2. The topological polar surface area (TPSA) is 69.6 Å². The Bertz CT molecular complexity index is 695. The van der Waals surface area contributed by atoms with Gasteiger partial charge in [0.2, 0.25) is 5.91 Å². The van der Waals surface area contributed by atoms with Gasteiger partial charge in [-0.25, -0.2) is 0 Å². The van der Waals surface area contributed by atoms with E-state index in [1.165, 1.54) is 0 Å². The molecule has 0 aromatic heterocycles. The third kappa shape index (κ3) is 2.58. The lowest BCUT2D eigenvalue weighted by Crippen LogP contribution is -2.50. The van der Waals surface area contributed by atoms with Crippen LogP contribution in [0, 0.1) is 0 Å². The average molecular weight is 379 g/mol. The molecule has 0 radical (unpaired) electrons. The normalized spacial score (nSPS) is 22.7. The van der Waals surface area contributed by atoms with E-state index in [1.54, 1.807) is 4.90 Å². The van der Waals surface area contributed by atoms with E-state index in [1.807, 2.05) is 18.2 Å². The molecule has 23 heavy (non-hydrogen) atoms. The van der Waals surface area contributed by atoms with Crippen molar-refractivity contribution in [3.63, 3.8) is 0 Å². The molecule has 122 valence electrons. The minimum Gasteiger partial charge on any atom is -0.394 e. The van der Waals surface area contributed by atoms with Crippen molar-refractivity contribution >= 4 is 27.7 Å². The maximum Gasteiger partial charge on any atom is 0.254 e. The molecule has 1 spiro atoms. The molecule has 1 aliphatic heterocycles. The van der Waals surface area contributed by atoms with E-state index in [-0.39, 0.29) is 30.4 Å². The maximum atomic E-state index is 12.7. The van der Waals surface area contributed by atoms with E-state index in [2.05, 4.69) is 21.2 Å². The van der Waals surface area contributed by atoms with E-state index in [0.29, 0.717) is 12.1 Å². The minimum atomic E-state index is -0.435. The molecule has 1 heterocycles. The number of fused-ring (bicyclic) bond motifs is 2. The van der Waals surface area contributed by atoms with Crippen LogP contribution < -0.4 is 5.32 Å². The van der Waals surface area contributed by atoms with Gasteiger partial charge in [-0.05, 0) is 49.4 Å². The summed E-state index contributed by atoms with van der Waals surface area (Å²) in [7, 11) is 0. The number of nitrogens with one attached hydrogen (secondary N) is 1. The molecular formula is C17H19BrN2O3. The zero-order valence-corrected chi connectivity index (χ0v) is 14.4. The highest BCUT2D eigenvalue weighted by Gasteiger charge is 2.52. The first kappa shape index (κ1) is 15.1. The number of carbonyl (C=O) groups is 2. The van der Waals surface area contributed by atoms with Gasteiger partial charge in [0.25, 0.3) is 5.91 Å². The molecule has 2 saturated carbocycles. The molecule has 2 aliphatic carbocycles. The summed E-state index contributed by atoms with van der Waals surface area (Å²) in [5.74, 6) is -0.254. The highest BCUT2D eigenvalue weighted by atomic mass is 79.9. The van der Waals surface area contributed by atoms with Crippen molar-refractivity contribution in [2.45, 2.75) is 36.6 Å². The first-order valence-electron chi connectivity index (χ1n) is 7.98. The Kier molecular flexibility index (Phi) is 3.32. The predicted molar refractivity (Wildman–Crippen MR) is 88.2 cm³/mol. The van der Waals surface area contributed by atoms with E-state index in [9.17, 15) is 14.7 Å². The van der Waals surface area contributed by atoms with Crippen LogP contribution in [0.15, 0.2) is 22.7 Å². The third-order valence-electron chi connectivity index (χ3n) is 5.31. The van der Waals surface area contributed by atoms with Crippen molar-refractivity contribution < 1.29 is 14.7 Å². The summed E-state index contributed by atoms with van der Waals surface area (Å²) in [6, 6.07) is 5.77. The number of nitrogens with zero attached hydrogens (tertiary/aromatic N) is 1. The van der Waals surface area contributed by atoms with Crippen LogP contribution in [0.1, 0.15) is 41.6 Å². The molecule has 2 amide bonds. The number of amides is 2. The van der Waals surface area contributed by atoms with Crippen LogP contribution in [0.3, 0.4) is 0 Å². The van der Waals surface area contributed by atoms with Crippen molar-refractivity contribution in [1.29, 1.82) is 0 Å². The fraction of sp³-hybridized carbons (Fsp3) is 0.529. The first-order chi connectivity index (χ1) is 11.0. The minimum absolute atomic E-state index is 0.0293. The van der Waals surface area contributed by atoms with E-state index in [0.717, 1.165) is 35.7 Å². The van der Waals surface area contributed by atoms with Crippen LogP contribution in [0.2, 0.25) is 0 Å². The molecule has 0 unspecified atom stereocenters. The molecule has 0 saturated heterocycles. The summed E-state index contributed by atoms with van der Waals surface area (Å²) in [6.45, 7) is 0.639. The zero-order valence-electron chi connectivity index (χ0n) is 12.8. The number of benzene rings is 1. The molecule has 2 N–H and O–H groups in total. The van der Waals surface area contributed by atoms with E-state index >= 15 is 0 Å². The third-order valence-corrected chi connectivity index (χ3v) is 5.81. The molecule has 4 rings (SSSR count). The van der Waals surface area contributed by atoms with Gasteiger partial charge < -0.3 is 15.3 Å². The Morgan fingerprint density at radius 3 is 2.65 bits per heavy atom. The summed E-state index contributed by atoms with van der Waals surface area (Å²) >= 11 is 3.48. The second kappa shape index (κ2) is 5.05. The Balaban J connectivity index is 1.54. The molecule has 0 bridgehead atoms. The molecule has 2 fully saturated rings. The first-order valence-corrected chi connectivity index (χ1v) is 8.78. The number of halogens is 1. The summed E-state index contributed by atoms with van der Waals surface area (Å²) in [5, 5.41) is 12.2. The quantitative estimate of drug-likeness (QED) is 0.835. The SMILES string of the molecule is O=C(CN1CC2(CC2)c2cc(Br)ccc2C1=O)NC1(CO)CC1. The second-order valence-corrected chi connectivity index (χ2v) is 8.03. The zero-order chi connectivity index (χ0) is 16.2. The lowest BCUT2D eigenvalue weighted by Gasteiger charge is -2.34. The monoisotopic (exact) mass is 378 g/mol. The van der Waals surface area contributed by atoms with Gasteiger partial charge in [-0.15, -0.1) is 0 Å². The van der Waals surface area contributed by atoms with Gasteiger partial charge >= 0.3 is 0 Å². The van der Waals surface area contributed by atoms with Crippen LogP contribution in [0.5, 0.6) is 0 Å². The fourth-order valence-electron chi connectivity index (χ4n) is 3.52. The molecule has 3 aliphatic rings. The van der Waals surface area contributed by atoms with Gasteiger partial charge in [0.05, 0.1) is 18.7 Å². The van der Waals surface area contributed by atoms with Crippen LogP contribution in [-0.4, -0.2) is 47.1 Å². The van der Waals surface area contributed by atoms with E-state index < -0.39 is 5.54 Å². The Hall–Kier alpha value is -1.40. The van der Waals surface area contributed by atoms with Crippen molar-refractivity contribution in [2.75, 3.05) is 19.7 Å². The summed E-state index contributed by atoms with van der Waals surface area (Å²) in [4.78, 5) is 26.6. The Morgan fingerprint density at radius 1 is 1.30 bits per heavy atom. The maximum absolute atomic E-state index is 12.7. The van der Waals surface area contributed by atoms with Gasteiger partial charge in [-0.2, -0.15) is 0 Å². The largest absolute Gasteiger partial charge is 0.394 e. The van der Waals surface area contributed by atoms with Gasteiger partial charge in [0, 0.05) is 22.0 Å². The molecule has 5 nitrogen and oxygen atoms in total. The van der Waals surface area contributed by atoms with Gasteiger partial charge in [0.1, 0.15) is 0 Å². The highest BCUT2D eigenvalue weighted by molar-refractivity contribution is 9.10. The molecule has 1 aromatic rings. The molecule has 6 heteroatoms. The molecular weight excluding hydrogens is 360 g/mol. The Morgan fingerprint density at radius 2 is 2.04 bits per heavy atom. The van der Waals surface area contributed by atoms with Crippen molar-refractivity contribution in [3.05, 3.63) is 33.8 Å². The number of aliphatic hydroxyl groups is 1. The van der Waals surface area contributed by atoms with Crippen molar-refractivity contribution in [2.24, 2.45) is 0 Å². The molecule has 1 aromatic carbocycles. The number of aliphatic hydroxyl groups excluding tert-OH is 1. The van der Waals surface area contributed by atoms with Crippen LogP contribution in [0.4, 0.5) is 0 Å². The molecule has 0 atom stereocenters. The number of hydrogen-bond acceptors (Lipinski definition) is 3. The van der Waals surface area contributed by atoms with Crippen molar-refractivity contribution in [1.82, 2.24) is 10.2 Å². The smallest absolute Gasteiger partial charge is 0.254 e. The lowest BCUT2D eigenvalue weighted by atomic mass is 9.86. The highest BCUT2D eigenvalue weighted by Crippen LogP contribution is 2.52. The number of rotatable bonds is 4. The van der Waals surface area contributed by atoms with E-state index in [4.69, 9.17) is 0 Å². The second-order valence-electron chi connectivity index (χ2n) is 7.12. The van der Waals surface area contributed by atoms with Crippen molar-refractivity contribution in [3.8, 4) is 0 Å². The fourth-order valence-corrected chi connectivity index (χ4v) is 3.88. The summed E-state index contributed by atoms with van der Waals surface area (Å²) in [6.07, 6.45) is 3.73. The standard InChI is InChI=1S/C17H19BrN2O3/c18-11-1-2-12-13(7-11)16(3-4-16)9-20(15(12)23)8-14(22)19-17(10-21)5-6-17/h1-2,7,21H,3-6,8-10H2,(H,19,22). The Labute approximate surface area is 143 Å². The van der Waals surface area contributed by atoms with Crippen LogP contribution in [0.25, 0.3) is 0 Å².